The Kier molecular flexibility index (Phi) is 6.25. The van der Waals surface area contributed by atoms with Crippen LogP contribution in [0.2, 0.25) is 0 Å². The van der Waals surface area contributed by atoms with Gasteiger partial charge >= 0.3 is 0 Å². The lowest BCUT2D eigenvalue weighted by Crippen LogP contribution is -2.33. The Morgan fingerprint density at radius 2 is 1.61 bits per heavy atom. The van der Waals surface area contributed by atoms with Crippen LogP contribution in [-0.4, -0.2) is 35.6 Å². The normalized spacial score (nSPS) is 14.4. The Labute approximate surface area is 170 Å². The summed E-state index contributed by atoms with van der Waals surface area (Å²) in [5.41, 5.74) is 3.51. The third-order valence-electron chi connectivity index (χ3n) is 4.60. The van der Waals surface area contributed by atoms with Gasteiger partial charge in [0.15, 0.2) is 0 Å². The lowest BCUT2D eigenvalue weighted by Gasteiger charge is -2.15. The average molecular weight is 396 g/mol. The molecule has 0 spiro atoms. The zero-order chi connectivity index (χ0) is 20.3. The van der Waals surface area contributed by atoms with Crippen LogP contribution in [-0.2, 0) is 16.0 Å². The van der Waals surface area contributed by atoms with E-state index in [1.807, 2.05) is 69.3 Å². The first-order chi connectivity index (χ1) is 13.4. The van der Waals surface area contributed by atoms with Crippen molar-refractivity contribution in [2.24, 2.45) is 0 Å². The number of thioether (sulfide) groups is 1. The molecule has 0 aromatic heterocycles. The molecule has 0 saturated heterocycles. The summed E-state index contributed by atoms with van der Waals surface area (Å²) in [4.78, 5) is 28.1. The van der Waals surface area contributed by atoms with Crippen molar-refractivity contribution in [3.8, 4) is 5.75 Å². The monoisotopic (exact) mass is 395 g/mol. The number of rotatable bonds is 7. The molecule has 28 heavy (non-hydrogen) atoms. The van der Waals surface area contributed by atoms with Crippen molar-refractivity contribution < 1.29 is 14.3 Å². The number of ether oxygens (including phenoxy) is 1. The SMILES string of the molecule is COc1ccc(CCN2C(=O)C(SC(C)C)=C(c3ccc(C)cc3)C2=O)cc1. The maximum Gasteiger partial charge on any atom is 0.268 e. The van der Waals surface area contributed by atoms with E-state index in [-0.39, 0.29) is 17.1 Å². The number of nitrogens with zero attached hydrogens (tertiary/aromatic N) is 1. The number of amides is 2. The molecule has 1 aliphatic rings. The van der Waals surface area contributed by atoms with Crippen molar-refractivity contribution in [1.29, 1.82) is 0 Å². The minimum absolute atomic E-state index is 0.187. The highest BCUT2D eigenvalue weighted by molar-refractivity contribution is 8.04. The maximum absolute atomic E-state index is 13.1. The minimum Gasteiger partial charge on any atom is -0.497 e. The summed E-state index contributed by atoms with van der Waals surface area (Å²) >= 11 is 1.46. The number of aryl methyl sites for hydroxylation is 1. The summed E-state index contributed by atoms with van der Waals surface area (Å²) in [5, 5.41) is 0.216. The zero-order valence-corrected chi connectivity index (χ0v) is 17.5. The highest BCUT2D eigenvalue weighted by Crippen LogP contribution is 2.38. The van der Waals surface area contributed by atoms with Gasteiger partial charge in [0.25, 0.3) is 11.8 Å². The second-order valence-electron chi connectivity index (χ2n) is 7.10. The van der Waals surface area contributed by atoms with Crippen LogP contribution < -0.4 is 4.74 Å². The van der Waals surface area contributed by atoms with Gasteiger partial charge in [-0.15, -0.1) is 11.8 Å². The molecule has 0 saturated carbocycles. The van der Waals surface area contributed by atoms with E-state index in [0.29, 0.717) is 23.4 Å². The smallest absolute Gasteiger partial charge is 0.268 e. The molecule has 2 aromatic rings. The summed E-state index contributed by atoms with van der Waals surface area (Å²) < 4.78 is 5.18. The van der Waals surface area contributed by atoms with Gasteiger partial charge < -0.3 is 4.74 Å². The molecule has 2 aromatic carbocycles. The van der Waals surface area contributed by atoms with Gasteiger partial charge in [0.2, 0.25) is 0 Å². The van der Waals surface area contributed by atoms with Crippen LogP contribution in [0.15, 0.2) is 53.4 Å². The first-order valence-corrected chi connectivity index (χ1v) is 10.3. The molecule has 5 heteroatoms. The highest BCUT2D eigenvalue weighted by Gasteiger charge is 2.39. The van der Waals surface area contributed by atoms with E-state index in [4.69, 9.17) is 4.74 Å². The zero-order valence-electron chi connectivity index (χ0n) is 16.7. The fraction of sp³-hybridized carbons (Fsp3) is 0.304. The molecule has 1 heterocycles. The average Bonchev–Trinajstić information content (AvgIpc) is 2.90. The predicted molar refractivity (Wildman–Crippen MR) is 114 cm³/mol. The van der Waals surface area contributed by atoms with E-state index in [9.17, 15) is 9.59 Å². The van der Waals surface area contributed by atoms with Crippen molar-refractivity contribution in [2.75, 3.05) is 13.7 Å². The molecule has 0 bridgehead atoms. The van der Waals surface area contributed by atoms with Crippen LogP contribution in [0.25, 0.3) is 5.57 Å². The van der Waals surface area contributed by atoms with Gasteiger partial charge in [0.05, 0.1) is 17.6 Å². The summed E-state index contributed by atoms with van der Waals surface area (Å²) in [5.74, 6) is 0.398. The van der Waals surface area contributed by atoms with Crippen molar-refractivity contribution in [3.05, 3.63) is 70.1 Å². The van der Waals surface area contributed by atoms with Crippen LogP contribution >= 0.6 is 11.8 Å². The Hall–Kier alpha value is -2.53. The van der Waals surface area contributed by atoms with Gasteiger partial charge in [-0.05, 0) is 36.6 Å². The van der Waals surface area contributed by atoms with Crippen molar-refractivity contribution in [3.63, 3.8) is 0 Å². The molecule has 0 fully saturated rings. The van der Waals surface area contributed by atoms with Crippen LogP contribution in [0.3, 0.4) is 0 Å². The van der Waals surface area contributed by atoms with Gasteiger partial charge in [-0.2, -0.15) is 0 Å². The molecule has 2 amide bonds. The van der Waals surface area contributed by atoms with Crippen LogP contribution in [0, 0.1) is 6.92 Å². The molecule has 0 radical (unpaired) electrons. The van der Waals surface area contributed by atoms with E-state index >= 15 is 0 Å². The number of imide groups is 1. The second-order valence-corrected chi connectivity index (χ2v) is 8.68. The van der Waals surface area contributed by atoms with Gasteiger partial charge in [0.1, 0.15) is 5.75 Å². The van der Waals surface area contributed by atoms with Crippen molar-refractivity contribution in [2.45, 2.75) is 32.4 Å². The van der Waals surface area contributed by atoms with E-state index < -0.39 is 0 Å². The van der Waals surface area contributed by atoms with Crippen LogP contribution in [0.4, 0.5) is 0 Å². The first kappa shape index (κ1) is 20.2. The molecule has 0 atom stereocenters. The Bertz CT molecular complexity index is 898. The van der Waals surface area contributed by atoms with Crippen LogP contribution in [0.5, 0.6) is 5.75 Å². The number of hydrogen-bond donors (Lipinski definition) is 0. The predicted octanol–water partition coefficient (Wildman–Crippen LogP) is 4.47. The van der Waals surface area contributed by atoms with Crippen molar-refractivity contribution in [1.82, 2.24) is 4.90 Å². The largest absolute Gasteiger partial charge is 0.497 e. The first-order valence-electron chi connectivity index (χ1n) is 9.37. The maximum atomic E-state index is 13.1. The number of hydrogen-bond acceptors (Lipinski definition) is 4. The topological polar surface area (TPSA) is 46.6 Å². The second kappa shape index (κ2) is 8.65. The lowest BCUT2D eigenvalue weighted by molar-refractivity contribution is -0.136. The van der Waals surface area contributed by atoms with E-state index in [0.717, 1.165) is 22.4 Å². The van der Waals surface area contributed by atoms with Gasteiger partial charge in [-0.25, -0.2) is 0 Å². The quantitative estimate of drug-likeness (QED) is 0.649. The molecule has 3 rings (SSSR count). The summed E-state index contributed by atoms with van der Waals surface area (Å²) in [7, 11) is 1.63. The third kappa shape index (κ3) is 4.30. The summed E-state index contributed by atoms with van der Waals surface area (Å²) in [6.07, 6.45) is 0.613. The number of benzene rings is 2. The van der Waals surface area contributed by atoms with E-state index in [1.54, 1.807) is 7.11 Å². The molecule has 4 nitrogen and oxygen atoms in total. The van der Waals surface area contributed by atoms with Crippen LogP contribution in [0.1, 0.15) is 30.5 Å². The molecule has 0 aliphatic carbocycles. The van der Waals surface area contributed by atoms with Gasteiger partial charge in [-0.3, -0.25) is 14.5 Å². The molecule has 146 valence electrons. The molecular weight excluding hydrogens is 370 g/mol. The standard InChI is InChI=1S/C23H25NO3S/c1-15(2)28-21-20(18-9-5-16(3)6-10-18)22(25)24(23(21)26)14-13-17-7-11-19(27-4)12-8-17/h5-12,15H,13-14H2,1-4H3. The lowest BCUT2D eigenvalue weighted by atomic mass is 10.0. The molecule has 0 unspecified atom stereocenters. The number of carbonyl (C=O) groups excluding carboxylic acids is 2. The fourth-order valence-electron chi connectivity index (χ4n) is 3.11. The van der Waals surface area contributed by atoms with Gasteiger partial charge in [0, 0.05) is 11.8 Å². The molecule has 0 N–H and O–H groups in total. The Balaban J connectivity index is 1.83. The highest BCUT2D eigenvalue weighted by atomic mass is 32.2. The Morgan fingerprint density at radius 1 is 0.964 bits per heavy atom. The van der Waals surface area contributed by atoms with E-state index in [1.165, 1.54) is 16.7 Å². The molecule has 1 aliphatic heterocycles. The van der Waals surface area contributed by atoms with Gasteiger partial charge in [-0.1, -0.05) is 55.8 Å². The minimum atomic E-state index is -0.203. The number of carbonyl (C=O) groups is 2. The summed E-state index contributed by atoms with van der Waals surface area (Å²) in [6, 6.07) is 15.5. The van der Waals surface area contributed by atoms with E-state index in [2.05, 4.69) is 0 Å². The number of methoxy groups -OCH3 is 1. The van der Waals surface area contributed by atoms with Crippen molar-refractivity contribution >= 4 is 29.1 Å². The molecular formula is C23H25NO3S. The third-order valence-corrected chi connectivity index (χ3v) is 5.69. The Morgan fingerprint density at radius 3 is 2.18 bits per heavy atom. The summed E-state index contributed by atoms with van der Waals surface area (Å²) in [6.45, 7) is 6.43. The fourth-order valence-corrected chi connectivity index (χ4v) is 4.12.